The molecule has 0 amide bonds. The Hall–Kier alpha value is -2.22. The minimum Gasteiger partial charge on any atom is -0.401 e. The first-order chi connectivity index (χ1) is 9.18. The molecule has 1 rings (SSSR count). The molecule has 20 heavy (non-hydrogen) atoms. The molecular weight excluding hydrogens is 297 g/mol. The van der Waals surface area contributed by atoms with E-state index in [4.69, 9.17) is 16.8 Å². The monoisotopic (exact) mass is 306 g/mol. The molecule has 0 bridgehead atoms. The van der Waals surface area contributed by atoms with Crippen molar-refractivity contribution in [1.29, 1.82) is 5.26 Å². The third-order valence-corrected chi connectivity index (χ3v) is 2.98. The summed E-state index contributed by atoms with van der Waals surface area (Å²) in [4.78, 5) is 11.6. The van der Waals surface area contributed by atoms with Crippen LogP contribution in [0.2, 0.25) is 0 Å². The van der Waals surface area contributed by atoms with Gasteiger partial charge in [0.05, 0.1) is 5.75 Å². The van der Waals surface area contributed by atoms with Crippen molar-refractivity contribution in [3.63, 3.8) is 0 Å². The van der Waals surface area contributed by atoms with Crippen LogP contribution >= 0.6 is 11.8 Å². The van der Waals surface area contributed by atoms with Crippen LogP contribution in [0, 0.1) is 11.3 Å². The molecule has 0 fully saturated rings. The number of hydrogen-bond donors (Lipinski definition) is 2. The number of alkyl halides is 3. The van der Waals surface area contributed by atoms with E-state index in [0.717, 1.165) is 0 Å². The Morgan fingerprint density at radius 1 is 1.50 bits per heavy atom. The molecule has 0 radical (unpaired) electrons. The van der Waals surface area contributed by atoms with Crippen LogP contribution in [0.4, 0.5) is 13.2 Å². The molecule has 1 aromatic heterocycles. The third kappa shape index (κ3) is 3.41. The quantitative estimate of drug-likeness (QED) is 0.358. The van der Waals surface area contributed by atoms with Crippen LogP contribution in [0.15, 0.2) is 16.4 Å². The standard InChI is InChI=1S/C9H9F3N6OS/c1-4(14)5(2-13)6(19)3-20-8-17-16-7(18(8)15)9(10,11)12/h3,14-15H2,1H3/b5-4-. The van der Waals surface area contributed by atoms with Crippen molar-refractivity contribution >= 4 is 17.5 Å². The van der Waals surface area contributed by atoms with Crippen molar-refractivity contribution in [1.82, 2.24) is 14.9 Å². The predicted molar refractivity (Wildman–Crippen MR) is 63.4 cm³/mol. The van der Waals surface area contributed by atoms with Gasteiger partial charge < -0.3 is 11.6 Å². The summed E-state index contributed by atoms with van der Waals surface area (Å²) in [6.45, 7) is 1.37. The molecule has 0 saturated carbocycles. The lowest BCUT2D eigenvalue weighted by molar-refractivity contribution is -0.146. The van der Waals surface area contributed by atoms with Gasteiger partial charge in [0.15, 0.2) is 5.78 Å². The van der Waals surface area contributed by atoms with Crippen LogP contribution in [0.5, 0.6) is 0 Å². The van der Waals surface area contributed by atoms with Crippen molar-refractivity contribution < 1.29 is 18.0 Å². The van der Waals surface area contributed by atoms with Crippen LogP contribution < -0.4 is 11.6 Å². The number of carbonyl (C=O) groups is 1. The molecule has 0 aromatic carbocycles. The van der Waals surface area contributed by atoms with Gasteiger partial charge in [0.2, 0.25) is 5.16 Å². The Morgan fingerprint density at radius 2 is 2.10 bits per heavy atom. The molecule has 1 aromatic rings. The van der Waals surface area contributed by atoms with Crippen molar-refractivity contribution in [3.8, 4) is 6.07 Å². The van der Waals surface area contributed by atoms with E-state index in [-0.39, 0.29) is 26.9 Å². The number of nitrogens with zero attached hydrogens (tertiary/aromatic N) is 4. The molecule has 0 spiro atoms. The average molecular weight is 306 g/mol. The normalized spacial score (nSPS) is 12.8. The van der Waals surface area contributed by atoms with Crippen molar-refractivity contribution in [2.75, 3.05) is 11.6 Å². The molecule has 11 heteroatoms. The smallest absolute Gasteiger partial charge is 0.401 e. The number of rotatable bonds is 4. The second-order valence-corrected chi connectivity index (χ2v) is 4.50. The van der Waals surface area contributed by atoms with Gasteiger partial charge in [0.1, 0.15) is 11.6 Å². The second kappa shape index (κ2) is 5.83. The Kier molecular flexibility index (Phi) is 4.61. The van der Waals surface area contributed by atoms with E-state index in [2.05, 4.69) is 10.2 Å². The first kappa shape index (κ1) is 15.8. The number of thioether (sulfide) groups is 1. The van der Waals surface area contributed by atoms with Crippen molar-refractivity contribution in [2.45, 2.75) is 18.3 Å². The second-order valence-electron chi connectivity index (χ2n) is 3.56. The first-order valence-corrected chi connectivity index (χ1v) is 5.97. The van der Waals surface area contributed by atoms with E-state index < -0.39 is 17.8 Å². The van der Waals surface area contributed by atoms with Gasteiger partial charge in [-0.15, -0.1) is 10.2 Å². The predicted octanol–water partition coefficient (Wildman–Crippen LogP) is 0.428. The number of hydrogen-bond acceptors (Lipinski definition) is 7. The number of aromatic nitrogens is 3. The van der Waals surface area contributed by atoms with Crippen LogP contribution in [0.1, 0.15) is 12.7 Å². The summed E-state index contributed by atoms with van der Waals surface area (Å²) in [7, 11) is 0. The molecule has 0 atom stereocenters. The largest absolute Gasteiger partial charge is 0.453 e. The summed E-state index contributed by atoms with van der Waals surface area (Å²) >= 11 is 0.627. The van der Waals surface area contributed by atoms with Gasteiger partial charge in [0, 0.05) is 5.70 Å². The summed E-state index contributed by atoms with van der Waals surface area (Å²) in [5, 5.41) is 14.5. The van der Waals surface area contributed by atoms with Gasteiger partial charge in [-0.3, -0.25) is 4.79 Å². The van der Waals surface area contributed by atoms with Gasteiger partial charge in [-0.25, -0.2) is 4.68 Å². The average Bonchev–Trinajstić information content (AvgIpc) is 2.68. The number of ketones is 1. The zero-order valence-corrected chi connectivity index (χ0v) is 10.9. The fourth-order valence-corrected chi connectivity index (χ4v) is 1.87. The lowest BCUT2D eigenvalue weighted by Gasteiger charge is -2.05. The van der Waals surface area contributed by atoms with Crippen molar-refractivity contribution in [2.24, 2.45) is 5.73 Å². The summed E-state index contributed by atoms with van der Waals surface area (Å²) in [6.07, 6.45) is -4.74. The van der Waals surface area contributed by atoms with E-state index in [1.807, 2.05) is 0 Å². The molecule has 7 nitrogen and oxygen atoms in total. The Morgan fingerprint density at radius 3 is 2.50 bits per heavy atom. The summed E-state index contributed by atoms with van der Waals surface area (Å²) in [5.74, 6) is 2.85. The lowest BCUT2D eigenvalue weighted by atomic mass is 10.2. The maximum absolute atomic E-state index is 12.4. The highest BCUT2D eigenvalue weighted by Gasteiger charge is 2.38. The van der Waals surface area contributed by atoms with Crippen LogP contribution in [-0.2, 0) is 11.0 Å². The topological polar surface area (TPSA) is 124 Å². The van der Waals surface area contributed by atoms with Gasteiger partial charge in [0.25, 0.3) is 5.82 Å². The molecular formula is C9H9F3N6OS. The molecule has 0 aliphatic rings. The number of nitriles is 1. The third-order valence-electron chi connectivity index (χ3n) is 2.04. The minimum atomic E-state index is -4.74. The highest BCUT2D eigenvalue weighted by molar-refractivity contribution is 7.99. The number of nitrogens with two attached hydrogens (primary N) is 2. The zero-order chi connectivity index (χ0) is 15.5. The molecule has 4 N–H and O–H groups in total. The lowest BCUT2D eigenvalue weighted by Crippen LogP contribution is -2.21. The Balaban J connectivity index is 2.83. The first-order valence-electron chi connectivity index (χ1n) is 4.98. The van der Waals surface area contributed by atoms with Gasteiger partial charge in [-0.1, -0.05) is 11.8 Å². The van der Waals surface area contributed by atoms with Gasteiger partial charge in [-0.05, 0) is 6.92 Å². The van der Waals surface area contributed by atoms with Crippen LogP contribution in [-0.4, -0.2) is 26.4 Å². The van der Waals surface area contributed by atoms with E-state index in [9.17, 15) is 18.0 Å². The Labute approximate surface area is 115 Å². The molecule has 0 saturated heterocycles. The van der Waals surface area contributed by atoms with E-state index in [1.165, 1.54) is 6.92 Å². The molecule has 0 aliphatic heterocycles. The number of allylic oxidation sites excluding steroid dienone is 2. The van der Waals surface area contributed by atoms with E-state index in [0.29, 0.717) is 11.8 Å². The number of carbonyl (C=O) groups excluding carboxylic acids is 1. The van der Waals surface area contributed by atoms with Crippen molar-refractivity contribution in [3.05, 3.63) is 17.1 Å². The number of halogens is 3. The summed E-state index contributed by atoms with van der Waals surface area (Å²) < 4.78 is 37.4. The summed E-state index contributed by atoms with van der Waals surface area (Å²) in [6, 6.07) is 1.62. The highest BCUT2D eigenvalue weighted by atomic mass is 32.2. The van der Waals surface area contributed by atoms with E-state index in [1.54, 1.807) is 6.07 Å². The SMILES string of the molecule is C/C(N)=C(\C#N)C(=O)CSc1nnc(C(F)(F)F)n1N. The van der Waals surface area contributed by atoms with Crippen LogP contribution in [0.25, 0.3) is 0 Å². The molecule has 1 heterocycles. The fraction of sp³-hybridized carbons (Fsp3) is 0.333. The van der Waals surface area contributed by atoms with Crippen LogP contribution in [0.3, 0.4) is 0 Å². The Bertz CT molecular complexity index is 596. The minimum absolute atomic E-state index is 0.0308. The maximum Gasteiger partial charge on any atom is 0.453 e. The molecule has 108 valence electrons. The zero-order valence-electron chi connectivity index (χ0n) is 10.1. The van der Waals surface area contributed by atoms with Gasteiger partial charge >= 0.3 is 6.18 Å². The number of nitrogen functional groups attached to an aromatic ring is 1. The summed E-state index contributed by atoms with van der Waals surface area (Å²) in [5.41, 5.74) is 5.11. The highest BCUT2D eigenvalue weighted by Crippen LogP contribution is 2.28. The maximum atomic E-state index is 12.4. The van der Waals surface area contributed by atoms with E-state index >= 15 is 0 Å². The molecule has 0 aliphatic carbocycles. The molecule has 0 unspecified atom stereocenters. The van der Waals surface area contributed by atoms with Gasteiger partial charge in [-0.2, -0.15) is 18.4 Å². The number of Topliss-reactive ketones (excluding diaryl/α,β-unsaturated/α-hetero) is 1. The fourth-order valence-electron chi connectivity index (χ4n) is 1.14.